The lowest BCUT2D eigenvalue weighted by molar-refractivity contribution is -0.173. The number of imide groups is 1. The summed E-state index contributed by atoms with van der Waals surface area (Å²) in [7, 11) is 0. The maximum Gasteiger partial charge on any atom is 0.303 e. The van der Waals surface area contributed by atoms with Crippen LogP contribution in [0.3, 0.4) is 0 Å². The molecule has 0 spiro atoms. The monoisotopic (exact) mass is 493 g/mol. The number of amides is 2. The average Bonchev–Trinajstić information content (AvgIpc) is 3.08. The van der Waals surface area contributed by atoms with Gasteiger partial charge in [-0.1, -0.05) is 42.8 Å². The summed E-state index contributed by atoms with van der Waals surface area (Å²) in [6, 6.07) is 10.6. The molecule has 1 saturated carbocycles. The first kappa shape index (κ1) is 25.2. The zero-order valence-corrected chi connectivity index (χ0v) is 21.8. The lowest BCUT2D eigenvalue weighted by atomic mass is 9.54. The van der Waals surface area contributed by atoms with E-state index in [0.29, 0.717) is 13.0 Å². The molecule has 0 radical (unpaired) electrons. The van der Waals surface area contributed by atoms with E-state index in [1.165, 1.54) is 17.4 Å². The molecule has 2 saturated heterocycles. The highest BCUT2D eigenvalue weighted by Gasteiger charge is 2.67. The minimum atomic E-state index is -0.977. The van der Waals surface area contributed by atoms with Crippen LogP contribution in [0.2, 0.25) is 0 Å². The Morgan fingerprint density at radius 1 is 0.972 bits per heavy atom. The molecule has 0 aromatic heterocycles. The molecule has 5 unspecified atom stereocenters. The van der Waals surface area contributed by atoms with Crippen LogP contribution < -0.4 is 0 Å². The summed E-state index contributed by atoms with van der Waals surface area (Å²) in [5, 5.41) is 0. The van der Waals surface area contributed by atoms with Crippen LogP contribution in [-0.2, 0) is 25.7 Å². The second kappa shape index (κ2) is 10.1. The van der Waals surface area contributed by atoms with Gasteiger partial charge in [0.15, 0.2) is 0 Å². The van der Waals surface area contributed by atoms with Gasteiger partial charge < -0.3 is 9.64 Å². The van der Waals surface area contributed by atoms with E-state index in [-0.39, 0.29) is 23.7 Å². The average molecular weight is 494 g/mol. The molecule has 3 fully saturated rings. The molecule has 5 atom stereocenters. The fourth-order valence-electron chi connectivity index (χ4n) is 7.34. The van der Waals surface area contributed by atoms with Crippen LogP contribution in [0.15, 0.2) is 42.0 Å². The molecule has 1 aromatic rings. The number of piperazine rings is 1. The van der Waals surface area contributed by atoms with Crippen LogP contribution in [0.5, 0.6) is 0 Å². The van der Waals surface area contributed by atoms with E-state index in [2.05, 4.69) is 47.1 Å². The standard InChI is InChI=1S/C29H39N3O4/c1-20-17-29(36-22(3)33)18-21(2)24(20)25-26(29)28(35)32(27(25)34)12-8-7-11-30-13-15-31(16-14-30)19-23-9-5-4-6-10-23/h4-6,9-10,17,21,24-26H,7-8,11-16,18-19H2,1-3H3. The Bertz CT molecular complexity index is 1030. The number of benzene rings is 1. The predicted molar refractivity (Wildman–Crippen MR) is 137 cm³/mol. The zero-order valence-electron chi connectivity index (χ0n) is 21.8. The maximum absolute atomic E-state index is 13.5. The Kier molecular flexibility index (Phi) is 7.05. The first-order valence-electron chi connectivity index (χ1n) is 13.5. The molecule has 2 heterocycles. The molecule has 194 valence electrons. The van der Waals surface area contributed by atoms with Crippen molar-refractivity contribution in [3.63, 3.8) is 0 Å². The number of nitrogens with zero attached hydrogens (tertiary/aromatic N) is 3. The topological polar surface area (TPSA) is 70.2 Å². The van der Waals surface area contributed by atoms with E-state index in [9.17, 15) is 14.4 Å². The van der Waals surface area contributed by atoms with Crippen LogP contribution in [0.1, 0.15) is 45.6 Å². The second-order valence-corrected chi connectivity index (χ2v) is 11.3. The van der Waals surface area contributed by atoms with E-state index >= 15 is 0 Å². The number of fused-ring (bicyclic) bond motifs is 1. The van der Waals surface area contributed by atoms with Crippen molar-refractivity contribution in [2.45, 2.75) is 52.2 Å². The van der Waals surface area contributed by atoms with Crippen molar-refractivity contribution >= 4 is 17.8 Å². The number of unbranched alkanes of at least 4 members (excludes halogenated alkanes) is 1. The lowest BCUT2D eigenvalue weighted by Gasteiger charge is -2.52. The number of allylic oxidation sites excluding steroid dienone is 1. The highest BCUT2D eigenvalue weighted by molar-refractivity contribution is 6.07. The molecule has 2 aliphatic heterocycles. The third kappa shape index (κ3) is 4.63. The van der Waals surface area contributed by atoms with Crippen LogP contribution in [-0.4, -0.2) is 77.4 Å². The van der Waals surface area contributed by atoms with Crippen LogP contribution in [0.4, 0.5) is 0 Å². The van der Waals surface area contributed by atoms with Gasteiger partial charge in [0.2, 0.25) is 11.8 Å². The quantitative estimate of drug-likeness (QED) is 0.240. The molecule has 7 nitrogen and oxygen atoms in total. The Hall–Kier alpha value is -2.51. The molecule has 36 heavy (non-hydrogen) atoms. The van der Waals surface area contributed by atoms with Gasteiger partial charge in [-0.05, 0) is 56.2 Å². The number of hydrogen-bond donors (Lipinski definition) is 0. The van der Waals surface area contributed by atoms with Gasteiger partial charge in [0, 0.05) is 46.2 Å². The molecular weight excluding hydrogens is 454 g/mol. The number of carbonyl (C=O) groups excluding carboxylic acids is 3. The fourth-order valence-corrected chi connectivity index (χ4v) is 7.34. The Morgan fingerprint density at radius 3 is 2.31 bits per heavy atom. The van der Waals surface area contributed by atoms with Gasteiger partial charge in [-0.15, -0.1) is 0 Å². The number of likely N-dealkylation sites (tertiary alicyclic amines) is 1. The number of ether oxygens (including phenoxy) is 1. The highest BCUT2D eigenvalue weighted by Crippen LogP contribution is 2.58. The number of rotatable bonds is 8. The number of carbonyl (C=O) groups is 3. The van der Waals surface area contributed by atoms with E-state index in [0.717, 1.165) is 57.7 Å². The maximum atomic E-state index is 13.5. The van der Waals surface area contributed by atoms with Crippen molar-refractivity contribution in [3.8, 4) is 0 Å². The summed E-state index contributed by atoms with van der Waals surface area (Å²) in [6.07, 6.45) is 4.33. The molecule has 6 rings (SSSR count). The number of esters is 1. The summed E-state index contributed by atoms with van der Waals surface area (Å²) >= 11 is 0. The summed E-state index contributed by atoms with van der Waals surface area (Å²) in [6.45, 7) is 12.2. The molecule has 5 aliphatic rings. The van der Waals surface area contributed by atoms with Crippen molar-refractivity contribution in [2.75, 3.05) is 39.3 Å². The third-order valence-corrected chi connectivity index (χ3v) is 8.76. The predicted octanol–water partition coefficient (Wildman–Crippen LogP) is 3.10. The Balaban J connectivity index is 1.13. The molecule has 0 N–H and O–H groups in total. The Labute approximate surface area is 214 Å². The van der Waals surface area contributed by atoms with Gasteiger partial charge in [0.05, 0.1) is 11.8 Å². The zero-order chi connectivity index (χ0) is 25.4. The molecule has 2 amide bonds. The van der Waals surface area contributed by atoms with Gasteiger partial charge in [-0.3, -0.25) is 24.2 Å². The van der Waals surface area contributed by atoms with Gasteiger partial charge >= 0.3 is 5.97 Å². The molecular formula is C29H39N3O4. The SMILES string of the molecule is CC(=O)OC12C=C(C)C(C(C)C1)C1C(=O)N(CCCCN3CCN(Cc4ccccc4)CC3)C(=O)C12. The van der Waals surface area contributed by atoms with Gasteiger partial charge in [0.1, 0.15) is 5.60 Å². The minimum Gasteiger partial charge on any atom is -0.454 e. The normalized spacial score (nSPS) is 32.5. The number of hydrogen-bond acceptors (Lipinski definition) is 6. The smallest absolute Gasteiger partial charge is 0.303 e. The van der Waals surface area contributed by atoms with Crippen molar-refractivity contribution in [1.29, 1.82) is 0 Å². The molecule has 1 aromatic carbocycles. The van der Waals surface area contributed by atoms with E-state index in [4.69, 9.17) is 4.74 Å². The van der Waals surface area contributed by atoms with Crippen LogP contribution >= 0.6 is 0 Å². The van der Waals surface area contributed by atoms with Crippen molar-refractivity contribution < 1.29 is 19.1 Å². The second-order valence-electron chi connectivity index (χ2n) is 11.3. The largest absolute Gasteiger partial charge is 0.454 e. The summed E-state index contributed by atoms with van der Waals surface area (Å²) < 4.78 is 5.81. The fraction of sp³-hybridized carbons (Fsp3) is 0.621. The van der Waals surface area contributed by atoms with Crippen molar-refractivity contribution in [2.24, 2.45) is 23.7 Å². The minimum absolute atomic E-state index is 0.0565. The Morgan fingerprint density at radius 2 is 1.64 bits per heavy atom. The van der Waals surface area contributed by atoms with Gasteiger partial charge in [-0.25, -0.2) is 0 Å². The van der Waals surface area contributed by atoms with Gasteiger partial charge in [-0.2, -0.15) is 0 Å². The highest BCUT2D eigenvalue weighted by atomic mass is 16.6. The van der Waals surface area contributed by atoms with Crippen molar-refractivity contribution in [3.05, 3.63) is 47.5 Å². The van der Waals surface area contributed by atoms with E-state index < -0.39 is 23.4 Å². The van der Waals surface area contributed by atoms with Crippen molar-refractivity contribution in [1.82, 2.24) is 14.7 Å². The molecule has 2 bridgehead atoms. The van der Waals surface area contributed by atoms with Gasteiger partial charge in [0.25, 0.3) is 0 Å². The summed E-state index contributed by atoms with van der Waals surface area (Å²) in [5.41, 5.74) is 1.45. The lowest BCUT2D eigenvalue weighted by Crippen LogP contribution is -2.57. The molecule has 7 heteroatoms. The summed E-state index contributed by atoms with van der Waals surface area (Å²) in [5.74, 6) is -1.33. The van der Waals surface area contributed by atoms with E-state index in [1.807, 2.05) is 13.0 Å². The first-order valence-corrected chi connectivity index (χ1v) is 13.5. The molecule has 3 aliphatic carbocycles. The van der Waals surface area contributed by atoms with E-state index in [1.54, 1.807) is 0 Å². The van der Waals surface area contributed by atoms with Crippen LogP contribution in [0.25, 0.3) is 0 Å². The third-order valence-electron chi connectivity index (χ3n) is 8.76. The van der Waals surface area contributed by atoms with Crippen LogP contribution in [0, 0.1) is 23.7 Å². The summed E-state index contributed by atoms with van der Waals surface area (Å²) in [4.78, 5) is 45.4. The first-order chi connectivity index (χ1) is 17.3.